The quantitative estimate of drug-likeness (QED) is 0.623. The molecule has 0 aliphatic carbocycles. The molecule has 1 unspecified atom stereocenters. The van der Waals surface area contributed by atoms with Crippen molar-refractivity contribution in [2.45, 2.75) is 19.8 Å². The van der Waals surface area contributed by atoms with Gasteiger partial charge in [0.05, 0.1) is 5.92 Å². The molecule has 162 valence electrons. The number of anilines is 3. The Bertz CT molecular complexity index is 1130. The van der Waals surface area contributed by atoms with E-state index in [4.69, 9.17) is 0 Å². The Kier molecular flexibility index (Phi) is 6.26. The summed E-state index contributed by atoms with van der Waals surface area (Å²) in [6.45, 7) is 2.42. The molecular weight excluding hydrogens is 404 g/mol. The van der Waals surface area contributed by atoms with Gasteiger partial charge in [0.2, 0.25) is 11.8 Å². The molecule has 7 heteroatoms. The molecule has 1 aliphatic heterocycles. The van der Waals surface area contributed by atoms with Crippen LogP contribution in [-0.2, 0) is 16.0 Å². The summed E-state index contributed by atoms with van der Waals surface area (Å²) in [5, 5.41) is 5.67. The molecule has 7 nitrogen and oxygen atoms in total. The van der Waals surface area contributed by atoms with Crippen molar-refractivity contribution >= 4 is 34.8 Å². The Labute approximate surface area is 186 Å². The molecule has 0 saturated carbocycles. The fourth-order valence-corrected chi connectivity index (χ4v) is 3.67. The van der Waals surface area contributed by atoms with Gasteiger partial charge in [0, 0.05) is 48.0 Å². The van der Waals surface area contributed by atoms with Crippen molar-refractivity contribution in [1.29, 1.82) is 0 Å². The highest BCUT2D eigenvalue weighted by Gasteiger charge is 2.35. The molecule has 1 aromatic heterocycles. The summed E-state index contributed by atoms with van der Waals surface area (Å²) in [5.41, 5.74) is 3.62. The highest BCUT2D eigenvalue weighted by molar-refractivity contribution is 6.05. The highest BCUT2D eigenvalue weighted by Crippen LogP contribution is 2.27. The number of carbonyl (C=O) groups excluding carboxylic acids is 3. The summed E-state index contributed by atoms with van der Waals surface area (Å²) < 4.78 is 0. The lowest BCUT2D eigenvalue weighted by atomic mass is 10.1. The zero-order chi connectivity index (χ0) is 22.5. The Morgan fingerprint density at radius 3 is 2.38 bits per heavy atom. The van der Waals surface area contributed by atoms with E-state index in [1.54, 1.807) is 53.7 Å². The molecule has 1 atom stereocenters. The lowest BCUT2D eigenvalue weighted by molar-refractivity contribution is -0.122. The van der Waals surface area contributed by atoms with Gasteiger partial charge in [-0.1, -0.05) is 25.1 Å². The first-order valence-electron chi connectivity index (χ1n) is 10.5. The molecule has 3 amide bonds. The Balaban J connectivity index is 1.39. The second-order valence-corrected chi connectivity index (χ2v) is 7.69. The number of hydrogen-bond donors (Lipinski definition) is 2. The lowest BCUT2D eigenvalue weighted by Gasteiger charge is -2.17. The van der Waals surface area contributed by atoms with Crippen LogP contribution >= 0.6 is 0 Å². The van der Waals surface area contributed by atoms with E-state index in [9.17, 15) is 14.4 Å². The highest BCUT2D eigenvalue weighted by atomic mass is 16.2. The average molecular weight is 428 g/mol. The largest absolute Gasteiger partial charge is 0.326 e. The summed E-state index contributed by atoms with van der Waals surface area (Å²) in [6.07, 6.45) is 4.20. The number of nitrogens with one attached hydrogen (secondary N) is 2. The number of pyridine rings is 1. The number of aryl methyl sites for hydroxylation is 1. The van der Waals surface area contributed by atoms with Crippen molar-refractivity contribution in [3.05, 3.63) is 84.2 Å². The van der Waals surface area contributed by atoms with Crippen molar-refractivity contribution in [2.24, 2.45) is 5.92 Å². The molecule has 1 aliphatic rings. The van der Waals surface area contributed by atoms with Crippen LogP contribution in [0.5, 0.6) is 0 Å². The SMILES string of the molecule is CCc1ccc(N2CC(C(=O)Nc3cccc(NC(=O)c4ccncc4)c3)CC2=O)cc1. The Morgan fingerprint density at radius 1 is 1.00 bits per heavy atom. The van der Waals surface area contributed by atoms with Gasteiger partial charge in [-0.3, -0.25) is 19.4 Å². The lowest BCUT2D eigenvalue weighted by Crippen LogP contribution is -2.28. The van der Waals surface area contributed by atoms with Crippen LogP contribution in [0.2, 0.25) is 0 Å². The number of benzene rings is 2. The first kappa shape index (κ1) is 21.2. The van der Waals surface area contributed by atoms with Gasteiger partial charge in [-0.05, 0) is 54.4 Å². The molecule has 4 rings (SSSR count). The van der Waals surface area contributed by atoms with Gasteiger partial charge >= 0.3 is 0 Å². The third-order valence-electron chi connectivity index (χ3n) is 5.48. The van der Waals surface area contributed by atoms with Crippen LogP contribution in [0.3, 0.4) is 0 Å². The Morgan fingerprint density at radius 2 is 1.69 bits per heavy atom. The molecule has 1 saturated heterocycles. The summed E-state index contributed by atoms with van der Waals surface area (Å²) in [5.74, 6) is -0.984. The molecular formula is C25H24N4O3. The maximum absolute atomic E-state index is 12.8. The van der Waals surface area contributed by atoms with E-state index in [0.717, 1.165) is 12.1 Å². The number of amides is 3. The second kappa shape index (κ2) is 9.43. The monoisotopic (exact) mass is 428 g/mol. The molecule has 2 N–H and O–H groups in total. The van der Waals surface area contributed by atoms with E-state index in [1.165, 1.54) is 5.56 Å². The summed E-state index contributed by atoms with van der Waals surface area (Å²) >= 11 is 0. The first-order valence-corrected chi connectivity index (χ1v) is 10.5. The maximum Gasteiger partial charge on any atom is 0.255 e. The fourth-order valence-electron chi connectivity index (χ4n) is 3.67. The van der Waals surface area contributed by atoms with Crippen LogP contribution in [0.15, 0.2) is 73.1 Å². The number of rotatable bonds is 6. The van der Waals surface area contributed by atoms with Gasteiger partial charge in [-0.2, -0.15) is 0 Å². The van der Waals surface area contributed by atoms with Crippen molar-refractivity contribution < 1.29 is 14.4 Å². The van der Waals surface area contributed by atoms with Gasteiger partial charge in [-0.25, -0.2) is 0 Å². The van der Waals surface area contributed by atoms with E-state index in [2.05, 4.69) is 22.5 Å². The van der Waals surface area contributed by atoms with Gasteiger partial charge < -0.3 is 15.5 Å². The molecule has 0 radical (unpaired) electrons. The van der Waals surface area contributed by atoms with Gasteiger partial charge in [0.1, 0.15) is 0 Å². The smallest absolute Gasteiger partial charge is 0.255 e. The molecule has 1 fully saturated rings. The molecule has 2 heterocycles. The third kappa shape index (κ3) is 4.83. The normalized spacial score (nSPS) is 15.5. The predicted molar refractivity (Wildman–Crippen MR) is 124 cm³/mol. The van der Waals surface area contributed by atoms with Crippen LogP contribution in [0.4, 0.5) is 17.1 Å². The molecule has 32 heavy (non-hydrogen) atoms. The number of nitrogens with zero attached hydrogens (tertiary/aromatic N) is 2. The summed E-state index contributed by atoms with van der Waals surface area (Å²) in [6, 6.07) is 18.0. The van der Waals surface area contributed by atoms with E-state index in [0.29, 0.717) is 23.5 Å². The number of carbonyl (C=O) groups is 3. The van der Waals surface area contributed by atoms with E-state index >= 15 is 0 Å². The van der Waals surface area contributed by atoms with Crippen molar-refractivity contribution in [3.8, 4) is 0 Å². The number of hydrogen-bond acceptors (Lipinski definition) is 4. The Hall–Kier alpha value is -4.00. The van der Waals surface area contributed by atoms with Crippen molar-refractivity contribution in [2.75, 3.05) is 22.1 Å². The predicted octanol–water partition coefficient (Wildman–Crippen LogP) is 3.89. The summed E-state index contributed by atoms with van der Waals surface area (Å²) in [4.78, 5) is 43.2. The zero-order valence-corrected chi connectivity index (χ0v) is 17.7. The van der Waals surface area contributed by atoms with E-state index < -0.39 is 5.92 Å². The van der Waals surface area contributed by atoms with Gasteiger partial charge in [0.15, 0.2) is 0 Å². The summed E-state index contributed by atoms with van der Waals surface area (Å²) in [7, 11) is 0. The molecule has 3 aromatic rings. The minimum atomic E-state index is -0.441. The zero-order valence-electron chi connectivity index (χ0n) is 17.7. The second-order valence-electron chi connectivity index (χ2n) is 7.69. The van der Waals surface area contributed by atoms with Crippen LogP contribution in [-0.4, -0.2) is 29.3 Å². The minimum absolute atomic E-state index is 0.0623. The van der Waals surface area contributed by atoms with Crippen LogP contribution in [0, 0.1) is 5.92 Å². The first-order chi connectivity index (χ1) is 15.5. The van der Waals surface area contributed by atoms with Crippen LogP contribution in [0.25, 0.3) is 0 Å². The van der Waals surface area contributed by atoms with E-state index in [-0.39, 0.29) is 24.1 Å². The van der Waals surface area contributed by atoms with Crippen molar-refractivity contribution in [1.82, 2.24) is 4.98 Å². The average Bonchev–Trinajstić information content (AvgIpc) is 3.21. The topological polar surface area (TPSA) is 91.4 Å². The van der Waals surface area contributed by atoms with Crippen molar-refractivity contribution in [3.63, 3.8) is 0 Å². The standard InChI is InChI=1S/C25H24N4O3/c1-2-17-6-8-22(9-7-17)29-16-19(14-23(29)30)25(32)28-21-5-3-4-20(15-21)27-24(31)18-10-12-26-13-11-18/h3-13,15,19H,2,14,16H2,1H3,(H,27,31)(H,28,32). The number of aromatic nitrogens is 1. The van der Waals surface area contributed by atoms with E-state index in [1.807, 2.05) is 24.3 Å². The maximum atomic E-state index is 12.8. The van der Waals surface area contributed by atoms with Crippen LogP contribution in [0.1, 0.15) is 29.3 Å². The third-order valence-corrected chi connectivity index (χ3v) is 5.48. The molecule has 0 spiro atoms. The van der Waals surface area contributed by atoms with Gasteiger partial charge in [0.25, 0.3) is 5.91 Å². The minimum Gasteiger partial charge on any atom is -0.326 e. The fraction of sp³-hybridized carbons (Fsp3) is 0.200. The molecule has 0 bridgehead atoms. The van der Waals surface area contributed by atoms with Gasteiger partial charge in [-0.15, -0.1) is 0 Å². The molecule has 2 aromatic carbocycles. The van der Waals surface area contributed by atoms with Crippen LogP contribution < -0.4 is 15.5 Å².